The summed E-state index contributed by atoms with van der Waals surface area (Å²) >= 11 is 0. The highest BCUT2D eigenvalue weighted by molar-refractivity contribution is 5.89. The van der Waals surface area contributed by atoms with Crippen molar-refractivity contribution in [2.45, 2.75) is 6.61 Å². The van der Waals surface area contributed by atoms with Crippen LogP contribution in [0.4, 0.5) is 0 Å². The Balaban J connectivity index is 1.39. The van der Waals surface area contributed by atoms with Crippen LogP contribution in [-0.2, 0) is 11.3 Å². The van der Waals surface area contributed by atoms with Gasteiger partial charge in [0, 0.05) is 6.07 Å². The Kier molecular flexibility index (Phi) is 3.83. The SMILES string of the molecule is O=C(OCc1cc(-c2ccco2)on1)c1ccc(-n2cncn2)cc1. The van der Waals surface area contributed by atoms with Gasteiger partial charge in [0.05, 0.1) is 17.5 Å². The lowest BCUT2D eigenvalue weighted by molar-refractivity contribution is 0.0464. The molecule has 0 amide bonds. The van der Waals surface area contributed by atoms with E-state index in [1.165, 1.54) is 6.33 Å². The highest BCUT2D eigenvalue weighted by Gasteiger charge is 2.12. The summed E-state index contributed by atoms with van der Waals surface area (Å²) in [7, 11) is 0. The van der Waals surface area contributed by atoms with E-state index >= 15 is 0 Å². The van der Waals surface area contributed by atoms with E-state index in [0.29, 0.717) is 22.8 Å². The molecule has 1 aromatic carbocycles. The third kappa shape index (κ3) is 3.18. The lowest BCUT2D eigenvalue weighted by Crippen LogP contribution is -2.05. The largest absolute Gasteiger partial charge is 0.461 e. The van der Waals surface area contributed by atoms with Crippen molar-refractivity contribution in [2.24, 2.45) is 0 Å². The van der Waals surface area contributed by atoms with Crippen molar-refractivity contribution in [1.82, 2.24) is 19.9 Å². The number of aromatic nitrogens is 4. The minimum absolute atomic E-state index is 0.00781. The van der Waals surface area contributed by atoms with Crippen molar-refractivity contribution in [1.29, 1.82) is 0 Å². The summed E-state index contributed by atoms with van der Waals surface area (Å²) in [6.07, 6.45) is 4.56. The Morgan fingerprint density at radius 3 is 2.76 bits per heavy atom. The maximum atomic E-state index is 12.1. The first-order valence-corrected chi connectivity index (χ1v) is 7.41. The van der Waals surface area contributed by atoms with E-state index in [9.17, 15) is 4.79 Å². The van der Waals surface area contributed by atoms with Crippen molar-refractivity contribution in [3.05, 3.63) is 72.6 Å². The first-order chi connectivity index (χ1) is 12.3. The van der Waals surface area contributed by atoms with Gasteiger partial charge in [0.25, 0.3) is 0 Å². The van der Waals surface area contributed by atoms with Crippen molar-refractivity contribution < 1.29 is 18.5 Å². The molecule has 0 N–H and O–H groups in total. The number of hydrogen-bond acceptors (Lipinski definition) is 7. The van der Waals surface area contributed by atoms with Gasteiger partial charge in [-0.05, 0) is 36.4 Å². The molecule has 3 aromatic heterocycles. The van der Waals surface area contributed by atoms with E-state index in [1.54, 1.807) is 59.7 Å². The normalized spacial score (nSPS) is 10.7. The second kappa shape index (κ2) is 6.44. The molecule has 0 aliphatic heterocycles. The molecular formula is C17H12N4O4. The number of carbonyl (C=O) groups is 1. The lowest BCUT2D eigenvalue weighted by Gasteiger charge is -2.04. The molecule has 0 unspecified atom stereocenters. The summed E-state index contributed by atoms with van der Waals surface area (Å²) < 4.78 is 17.2. The average Bonchev–Trinajstić information content (AvgIpc) is 3.42. The maximum absolute atomic E-state index is 12.1. The van der Waals surface area contributed by atoms with E-state index in [0.717, 1.165) is 5.69 Å². The van der Waals surface area contributed by atoms with Crippen LogP contribution in [0.25, 0.3) is 17.2 Å². The van der Waals surface area contributed by atoms with Crippen LogP contribution in [0.5, 0.6) is 0 Å². The Bertz CT molecular complexity index is 957. The van der Waals surface area contributed by atoms with Gasteiger partial charge in [-0.3, -0.25) is 0 Å². The summed E-state index contributed by atoms with van der Waals surface area (Å²) in [6.45, 7) is 0.00781. The van der Waals surface area contributed by atoms with E-state index in [1.807, 2.05) is 0 Å². The monoisotopic (exact) mass is 336 g/mol. The third-order valence-corrected chi connectivity index (χ3v) is 3.46. The summed E-state index contributed by atoms with van der Waals surface area (Å²) in [4.78, 5) is 16.0. The van der Waals surface area contributed by atoms with Crippen molar-refractivity contribution in [3.63, 3.8) is 0 Å². The third-order valence-electron chi connectivity index (χ3n) is 3.46. The molecule has 3 heterocycles. The van der Waals surface area contributed by atoms with Gasteiger partial charge in [0.1, 0.15) is 25.0 Å². The zero-order valence-corrected chi connectivity index (χ0v) is 12.9. The number of benzene rings is 1. The van der Waals surface area contributed by atoms with E-state index in [-0.39, 0.29) is 6.61 Å². The minimum Gasteiger partial charge on any atom is -0.461 e. The standard InChI is InChI=1S/C17H12N4O4/c22-17(12-3-5-14(6-4-12)21-11-18-10-19-21)24-9-13-8-16(25-20-13)15-2-1-7-23-15/h1-8,10-11H,9H2. The first kappa shape index (κ1) is 14.9. The van der Waals surface area contributed by atoms with Gasteiger partial charge in [-0.25, -0.2) is 14.5 Å². The molecule has 0 spiro atoms. The highest BCUT2D eigenvalue weighted by Crippen LogP contribution is 2.21. The Morgan fingerprint density at radius 2 is 2.04 bits per heavy atom. The van der Waals surface area contributed by atoms with E-state index in [2.05, 4.69) is 15.2 Å². The van der Waals surface area contributed by atoms with Gasteiger partial charge in [-0.1, -0.05) is 5.16 Å². The van der Waals surface area contributed by atoms with Gasteiger partial charge < -0.3 is 13.7 Å². The van der Waals surface area contributed by atoms with Gasteiger partial charge in [-0.15, -0.1) is 0 Å². The Labute approximate surface area is 141 Å². The van der Waals surface area contributed by atoms with Crippen LogP contribution in [0.3, 0.4) is 0 Å². The number of ether oxygens (including phenoxy) is 1. The predicted molar refractivity (Wildman–Crippen MR) is 84.7 cm³/mol. The number of hydrogen-bond donors (Lipinski definition) is 0. The average molecular weight is 336 g/mol. The molecule has 0 aliphatic rings. The predicted octanol–water partition coefficient (Wildman–Crippen LogP) is 2.87. The summed E-state index contributed by atoms with van der Waals surface area (Å²) in [5.41, 5.74) is 1.73. The second-order valence-electron chi connectivity index (χ2n) is 5.12. The summed E-state index contributed by atoms with van der Waals surface area (Å²) in [5.74, 6) is 0.592. The topological polar surface area (TPSA) is 96.2 Å². The first-order valence-electron chi connectivity index (χ1n) is 7.41. The van der Waals surface area contributed by atoms with E-state index < -0.39 is 5.97 Å². The molecule has 8 heteroatoms. The quantitative estimate of drug-likeness (QED) is 0.517. The molecule has 0 radical (unpaired) electrons. The fraction of sp³-hybridized carbons (Fsp3) is 0.0588. The molecule has 0 saturated carbocycles. The van der Waals surface area contributed by atoms with Crippen LogP contribution >= 0.6 is 0 Å². The van der Waals surface area contributed by atoms with Gasteiger partial charge in [0.15, 0.2) is 5.76 Å². The molecule has 0 aliphatic carbocycles. The van der Waals surface area contributed by atoms with Crippen molar-refractivity contribution in [2.75, 3.05) is 0 Å². The van der Waals surface area contributed by atoms with Crippen molar-refractivity contribution >= 4 is 5.97 Å². The van der Waals surface area contributed by atoms with Gasteiger partial charge in [-0.2, -0.15) is 5.10 Å². The molecule has 0 saturated heterocycles. The number of carbonyl (C=O) groups excluding carboxylic acids is 1. The highest BCUT2D eigenvalue weighted by atomic mass is 16.5. The van der Waals surface area contributed by atoms with Crippen LogP contribution in [-0.4, -0.2) is 25.9 Å². The number of rotatable bonds is 5. The summed E-state index contributed by atoms with van der Waals surface area (Å²) in [6, 6.07) is 12.0. The summed E-state index contributed by atoms with van der Waals surface area (Å²) in [5, 5.41) is 7.88. The molecule has 4 rings (SSSR count). The Morgan fingerprint density at radius 1 is 1.16 bits per heavy atom. The molecule has 25 heavy (non-hydrogen) atoms. The number of esters is 1. The van der Waals surface area contributed by atoms with Gasteiger partial charge in [0.2, 0.25) is 5.76 Å². The molecule has 124 valence electrons. The molecular weight excluding hydrogens is 324 g/mol. The smallest absolute Gasteiger partial charge is 0.338 e. The Hall–Kier alpha value is -3.68. The van der Waals surface area contributed by atoms with Gasteiger partial charge >= 0.3 is 5.97 Å². The second-order valence-corrected chi connectivity index (χ2v) is 5.12. The maximum Gasteiger partial charge on any atom is 0.338 e. The molecule has 0 fully saturated rings. The molecule has 8 nitrogen and oxygen atoms in total. The van der Waals surface area contributed by atoms with Crippen LogP contribution in [0, 0.1) is 0 Å². The number of furan rings is 1. The minimum atomic E-state index is -0.451. The zero-order valence-electron chi connectivity index (χ0n) is 12.9. The molecule has 0 atom stereocenters. The van der Waals surface area contributed by atoms with Crippen LogP contribution < -0.4 is 0 Å². The molecule has 0 bridgehead atoms. The van der Waals surface area contributed by atoms with Crippen molar-refractivity contribution in [3.8, 4) is 17.2 Å². The molecule has 4 aromatic rings. The zero-order chi connectivity index (χ0) is 17.1. The lowest BCUT2D eigenvalue weighted by atomic mass is 10.2. The number of nitrogens with zero attached hydrogens (tertiary/aromatic N) is 4. The van der Waals surface area contributed by atoms with Crippen LogP contribution in [0.2, 0.25) is 0 Å². The fourth-order valence-corrected chi connectivity index (χ4v) is 2.23. The van der Waals surface area contributed by atoms with Crippen LogP contribution in [0.15, 0.2) is 70.3 Å². The fourth-order valence-electron chi connectivity index (χ4n) is 2.23. The van der Waals surface area contributed by atoms with Crippen LogP contribution in [0.1, 0.15) is 16.1 Å². The van der Waals surface area contributed by atoms with E-state index in [4.69, 9.17) is 13.7 Å².